The standard InChI is InChI=1S/C15H18N6OS/c1-3-6-12-20-21-15(23-12)19-14(22)16-9(2)13-17-10-7-4-5-8-11(10)18-13/h4-5,7-9H,3,6H2,1-2H3,(H,17,18)(H2,16,19,21,22). The molecule has 0 saturated carbocycles. The first-order chi connectivity index (χ1) is 11.2. The van der Waals surface area contributed by atoms with Crippen molar-refractivity contribution in [2.24, 2.45) is 0 Å². The van der Waals surface area contributed by atoms with Crippen molar-refractivity contribution >= 4 is 33.5 Å². The minimum Gasteiger partial charge on any atom is -0.340 e. The highest BCUT2D eigenvalue weighted by Crippen LogP contribution is 2.18. The summed E-state index contributed by atoms with van der Waals surface area (Å²) in [5.74, 6) is 0.713. The monoisotopic (exact) mass is 330 g/mol. The van der Waals surface area contributed by atoms with Crippen LogP contribution >= 0.6 is 11.3 Å². The van der Waals surface area contributed by atoms with Crippen LogP contribution in [0.25, 0.3) is 11.0 Å². The molecule has 2 heterocycles. The number of H-pyrrole nitrogens is 1. The fourth-order valence-corrected chi connectivity index (χ4v) is 3.03. The van der Waals surface area contributed by atoms with E-state index in [0.29, 0.717) is 11.0 Å². The van der Waals surface area contributed by atoms with Crippen LogP contribution in [0.15, 0.2) is 24.3 Å². The number of benzene rings is 1. The zero-order valence-electron chi connectivity index (χ0n) is 13.0. The van der Waals surface area contributed by atoms with Gasteiger partial charge in [0, 0.05) is 6.42 Å². The summed E-state index contributed by atoms with van der Waals surface area (Å²) in [5.41, 5.74) is 1.83. The molecule has 2 aromatic heterocycles. The van der Waals surface area contributed by atoms with E-state index in [4.69, 9.17) is 0 Å². The maximum Gasteiger partial charge on any atom is 0.321 e. The lowest BCUT2D eigenvalue weighted by molar-refractivity contribution is 0.249. The first-order valence-corrected chi connectivity index (χ1v) is 8.32. The van der Waals surface area contributed by atoms with Crippen LogP contribution in [0.4, 0.5) is 9.93 Å². The number of hydrogen-bond acceptors (Lipinski definition) is 5. The number of carbonyl (C=O) groups excluding carboxylic acids is 1. The van der Waals surface area contributed by atoms with Gasteiger partial charge < -0.3 is 10.3 Å². The van der Waals surface area contributed by atoms with Gasteiger partial charge in [0.05, 0.1) is 17.1 Å². The summed E-state index contributed by atoms with van der Waals surface area (Å²) >= 11 is 1.39. The van der Waals surface area contributed by atoms with Crippen molar-refractivity contribution in [3.8, 4) is 0 Å². The molecule has 120 valence electrons. The van der Waals surface area contributed by atoms with Crippen LogP contribution in [0, 0.1) is 0 Å². The number of carbonyl (C=O) groups is 1. The highest BCUT2D eigenvalue weighted by molar-refractivity contribution is 7.15. The number of para-hydroxylation sites is 2. The average Bonchev–Trinajstić information content (AvgIpc) is 3.14. The third kappa shape index (κ3) is 3.65. The van der Waals surface area contributed by atoms with Crippen molar-refractivity contribution in [2.75, 3.05) is 5.32 Å². The fourth-order valence-electron chi connectivity index (χ4n) is 2.19. The minimum atomic E-state index is -0.322. The lowest BCUT2D eigenvalue weighted by Crippen LogP contribution is -2.31. The van der Waals surface area contributed by atoms with E-state index in [2.05, 4.69) is 37.7 Å². The Morgan fingerprint density at radius 2 is 2.17 bits per heavy atom. The molecule has 1 atom stereocenters. The molecule has 0 fully saturated rings. The van der Waals surface area contributed by atoms with Gasteiger partial charge in [-0.3, -0.25) is 5.32 Å². The van der Waals surface area contributed by atoms with Gasteiger partial charge in [-0.1, -0.05) is 30.4 Å². The predicted octanol–water partition coefficient (Wildman–Crippen LogP) is 3.25. The molecule has 0 spiro atoms. The van der Waals surface area contributed by atoms with Crippen molar-refractivity contribution in [2.45, 2.75) is 32.7 Å². The van der Waals surface area contributed by atoms with Gasteiger partial charge in [0.2, 0.25) is 5.13 Å². The van der Waals surface area contributed by atoms with E-state index in [1.807, 2.05) is 31.2 Å². The zero-order valence-corrected chi connectivity index (χ0v) is 13.8. The Morgan fingerprint density at radius 3 is 2.96 bits per heavy atom. The molecule has 8 heteroatoms. The lowest BCUT2D eigenvalue weighted by Gasteiger charge is -2.10. The highest BCUT2D eigenvalue weighted by atomic mass is 32.1. The zero-order chi connectivity index (χ0) is 16.2. The maximum absolute atomic E-state index is 12.1. The molecule has 1 unspecified atom stereocenters. The van der Waals surface area contributed by atoms with Crippen molar-refractivity contribution < 1.29 is 4.79 Å². The van der Waals surface area contributed by atoms with Gasteiger partial charge in [0.25, 0.3) is 0 Å². The van der Waals surface area contributed by atoms with E-state index in [9.17, 15) is 4.79 Å². The second kappa shape index (κ2) is 6.74. The van der Waals surface area contributed by atoms with Crippen molar-refractivity contribution in [1.82, 2.24) is 25.5 Å². The van der Waals surface area contributed by atoms with Gasteiger partial charge >= 0.3 is 6.03 Å². The molecular weight excluding hydrogens is 312 g/mol. The third-order valence-electron chi connectivity index (χ3n) is 3.32. The molecule has 0 bridgehead atoms. The number of aromatic amines is 1. The summed E-state index contributed by atoms with van der Waals surface area (Å²) in [4.78, 5) is 19.7. The van der Waals surface area contributed by atoms with Crippen molar-refractivity contribution in [1.29, 1.82) is 0 Å². The number of nitrogens with zero attached hydrogens (tertiary/aromatic N) is 3. The summed E-state index contributed by atoms with van der Waals surface area (Å²) in [6.45, 7) is 3.95. The Hall–Kier alpha value is -2.48. The van der Waals surface area contributed by atoms with E-state index < -0.39 is 0 Å². The van der Waals surface area contributed by atoms with Crippen LogP contribution in [-0.4, -0.2) is 26.2 Å². The number of aryl methyl sites for hydroxylation is 1. The number of aromatic nitrogens is 4. The number of anilines is 1. The first kappa shape index (κ1) is 15.4. The normalized spacial score (nSPS) is 12.3. The summed E-state index contributed by atoms with van der Waals surface area (Å²) in [6, 6.07) is 7.19. The van der Waals surface area contributed by atoms with E-state index in [1.54, 1.807) is 0 Å². The Bertz CT molecular complexity index is 778. The van der Waals surface area contributed by atoms with E-state index in [-0.39, 0.29) is 12.1 Å². The molecule has 0 aliphatic rings. The topological polar surface area (TPSA) is 95.6 Å². The molecule has 3 N–H and O–H groups in total. The minimum absolute atomic E-state index is 0.245. The lowest BCUT2D eigenvalue weighted by atomic mass is 10.3. The van der Waals surface area contributed by atoms with Crippen LogP contribution in [0.2, 0.25) is 0 Å². The fraction of sp³-hybridized carbons (Fsp3) is 0.333. The van der Waals surface area contributed by atoms with Gasteiger partial charge in [0.15, 0.2) is 0 Å². The van der Waals surface area contributed by atoms with Gasteiger partial charge in [-0.2, -0.15) is 0 Å². The van der Waals surface area contributed by atoms with E-state index in [0.717, 1.165) is 28.9 Å². The van der Waals surface area contributed by atoms with Gasteiger partial charge in [-0.25, -0.2) is 9.78 Å². The number of fused-ring (bicyclic) bond motifs is 1. The first-order valence-electron chi connectivity index (χ1n) is 7.50. The molecule has 2 amide bonds. The summed E-state index contributed by atoms with van der Waals surface area (Å²) in [6.07, 6.45) is 1.88. The average molecular weight is 330 g/mol. The summed E-state index contributed by atoms with van der Waals surface area (Å²) < 4.78 is 0. The Morgan fingerprint density at radius 1 is 1.35 bits per heavy atom. The van der Waals surface area contributed by atoms with Gasteiger partial charge in [0.1, 0.15) is 10.8 Å². The van der Waals surface area contributed by atoms with Crippen molar-refractivity contribution in [3.05, 3.63) is 35.1 Å². The number of hydrogen-bond donors (Lipinski definition) is 3. The quantitative estimate of drug-likeness (QED) is 0.669. The number of amides is 2. The Labute approximate surface area is 137 Å². The predicted molar refractivity (Wildman–Crippen MR) is 90.6 cm³/mol. The van der Waals surface area contributed by atoms with Crippen LogP contribution in [-0.2, 0) is 6.42 Å². The third-order valence-corrected chi connectivity index (χ3v) is 4.22. The Kier molecular flexibility index (Phi) is 4.52. The van der Waals surface area contributed by atoms with Crippen molar-refractivity contribution in [3.63, 3.8) is 0 Å². The second-order valence-electron chi connectivity index (χ2n) is 5.21. The molecule has 1 aromatic carbocycles. The number of nitrogens with one attached hydrogen (secondary N) is 3. The van der Waals surface area contributed by atoms with E-state index in [1.165, 1.54) is 11.3 Å². The van der Waals surface area contributed by atoms with Gasteiger partial charge in [-0.05, 0) is 25.5 Å². The number of urea groups is 1. The van der Waals surface area contributed by atoms with Crippen LogP contribution in [0.3, 0.4) is 0 Å². The molecule has 3 aromatic rings. The summed E-state index contributed by atoms with van der Waals surface area (Å²) in [5, 5.41) is 15.0. The van der Waals surface area contributed by atoms with Crippen LogP contribution in [0.1, 0.15) is 37.1 Å². The largest absolute Gasteiger partial charge is 0.340 e. The molecular formula is C15H18N6OS. The van der Waals surface area contributed by atoms with Gasteiger partial charge in [-0.15, -0.1) is 10.2 Å². The Balaban J connectivity index is 1.62. The summed E-state index contributed by atoms with van der Waals surface area (Å²) in [7, 11) is 0. The number of imidazole rings is 1. The molecule has 3 rings (SSSR count). The molecule has 0 aliphatic carbocycles. The number of rotatable bonds is 5. The molecule has 0 aliphatic heterocycles. The maximum atomic E-state index is 12.1. The van der Waals surface area contributed by atoms with Crippen LogP contribution in [0.5, 0.6) is 0 Å². The van der Waals surface area contributed by atoms with Crippen LogP contribution < -0.4 is 10.6 Å². The molecule has 0 saturated heterocycles. The molecule has 7 nitrogen and oxygen atoms in total. The molecule has 23 heavy (non-hydrogen) atoms. The SMILES string of the molecule is CCCc1nnc(NC(=O)NC(C)c2nc3ccccc3[nH]2)s1. The second-order valence-corrected chi connectivity index (χ2v) is 6.27. The van der Waals surface area contributed by atoms with E-state index >= 15 is 0 Å². The highest BCUT2D eigenvalue weighted by Gasteiger charge is 2.14. The smallest absolute Gasteiger partial charge is 0.321 e. The molecule has 0 radical (unpaired) electrons.